The first-order chi connectivity index (χ1) is 18.5. The summed E-state index contributed by atoms with van der Waals surface area (Å²) in [6.45, 7) is 1.68. The smallest absolute Gasteiger partial charge is 0.262 e. The van der Waals surface area contributed by atoms with Gasteiger partial charge in [0.1, 0.15) is 5.75 Å². The molecule has 1 aromatic heterocycles. The van der Waals surface area contributed by atoms with Gasteiger partial charge in [-0.3, -0.25) is 14.6 Å². The lowest BCUT2D eigenvalue weighted by atomic mass is 9.98. The minimum absolute atomic E-state index is 0.172. The monoisotopic (exact) mass is 526 g/mol. The summed E-state index contributed by atoms with van der Waals surface area (Å²) < 4.78 is 5.55. The van der Waals surface area contributed by atoms with Gasteiger partial charge >= 0.3 is 0 Å². The standard InChI is InChI=1S/C30H27ClN4O3/c31-24-7-10-26(11-8-24)38-20-29(36)34-25-9-12-28(35-15-13-22-5-1-2-6-23(22)19-35)27(16-25)30(37)33-18-21-4-3-14-32-17-21/h1-12,14,16-17H,13,15,18-20H2,(H,33,37)(H,34,36). The van der Waals surface area contributed by atoms with Gasteiger partial charge in [0.2, 0.25) is 0 Å². The molecule has 5 rings (SSSR count). The Kier molecular flexibility index (Phi) is 7.85. The van der Waals surface area contributed by atoms with E-state index in [2.05, 4.69) is 38.7 Å². The Morgan fingerprint density at radius 2 is 1.79 bits per heavy atom. The highest BCUT2D eigenvalue weighted by Crippen LogP contribution is 2.30. The van der Waals surface area contributed by atoms with Gasteiger partial charge in [-0.2, -0.15) is 0 Å². The first kappa shape index (κ1) is 25.3. The van der Waals surface area contributed by atoms with Crippen LogP contribution in [0.2, 0.25) is 5.02 Å². The van der Waals surface area contributed by atoms with Gasteiger partial charge in [-0.05, 0) is 71.6 Å². The van der Waals surface area contributed by atoms with Crippen molar-refractivity contribution in [1.29, 1.82) is 0 Å². The fourth-order valence-electron chi connectivity index (χ4n) is 4.43. The molecule has 192 valence electrons. The van der Waals surface area contributed by atoms with Gasteiger partial charge < -0.3 is 20.3 Å². The van der Waals surface area contributed by atoms with Crippen LogP contribution < -0.4 is 20.3 Å². The van der Waals surface area contributed by atoms with Crippen LogP contribution in [0.4, 0.5) is 11.4 Å². The predicted octanol–water partition coefficient (Wildman–Crippen LogP) is 5.25. The molecule has 8 heteroatoms. The van der Waals surface area contributed by atoms with Crippen molar-refractivity contribution in [2.75, 3.05) is 23.4 Å². The molecule has 1 aliphatic heterocycles. The topological polar surface area (TPSA) is 83.6 Å². The van der Waals surface area contributed by atoms with Crippen molar-refractivity contribution in [3.05, 3.63) is 119 Å². The van der Waals surface area contributed by atoms with Crippen LogP contribution in [-0.4, -0.2) is 29.9 Å². The molecule has 2 heterocycles. The van der Waals surface area contributed by atoms with Gasteiger partial charge in [0, 0.05) is 48.4 Å². The second-order valence-corrected chi connectivity index (χ2v) is 9.44. The van der Waals surface area contributed by atoms with Gasteiger partial charge in [-0.25, -0.2) is 0 Å². The first-order valence-electron chi connectivity index (χ1n) is 12.4. The highest BCUT2D eigenvalue weighted by Gasteiger charge is 2.22. The zero-order valence-electron chi connectivity index (χ0n) is 20.7. The number of rotatable bonds is 8. The Hall–Kier alpha value is -4.36. The third-order valence-electron chi connectivity index (χ3n) is 6.36. The molecular weight excluding hydrogens is 500 g/mol. The van der Waals surface area contributed by atoms with E-state index in [1.165, 1.54) is 11.1 Å². The quantitative estimate of drug-likeness (QED) is 0.328. The summed E-state index contributed by atoms with van der Waals surface area (Å²) >= 11 is 5.90. The Morgan fingerprint density at radius 1 is 0.974 bits per heavy atom. The van der Waals surface area contributed by atoms with E-state index in [4.69, 9.17) is 16.3 Å². The highest BCUT2D eigenvalue weighted by molar-refractivity contribution is 6.30. The minimum atomic E-state index is -0.332. The van der Waals surface area contributed by atoms with Gasteiger partial charge in [0.25, 0.3) is 11.8 Å². The molecular formula is C30H27ClN4O3. The first-order valence-corrected chi connectivity index (χ1v) is 12.7. The van der Waals surface area contributed by atoms with E-state index in [1.54, 1.807) is 42.7 Å². The fraction of sp³-hybridized carbons (Fsp3) is 0.167. The zero-order chi connectivity index (χ0) is 26.3. The Balaban J connectivity index is 1.33. The number of pyridine rings is 1. The number of amides is 2. The Bertz CT molecular complexity index is 1430. The molecule has 7 nitrogen and oxygen atoms in total. The predicted molar refractivity (Wildman–Crippen MR) is 149 cm³/mol. The summed E-state index contributed by atoms with van der Waals surface area (Å²) in [4.78, 5) is 32.3. The lowest BCUT2D eigenvalue weighted by Gasteiger charge is -2.32. The summed E-state index contributed by atoms with van der Waals surface area (Å²) in [5.41, 5.74) is 5.30. The van der Waals surface area contributed by atoms with Crippen LogP contribution in [0.5, 0.6) is 5.75 Å². The zero-order valence-corrected chi connectivity index (χ0v) is 21.4. The molecule has 4 aromatic rings. The minimum Gasteiger partial charge on any atom is -0.484 e. The van der Waals surface area contributed by atoms with E-state index >= 15 is 0 Å². The van der Waals surface area contributed by atoms with Crippen LogP contribution in [0.3, 0.4) is 0 Å². The van der Waals surface area contributed by atoms with Crippen LogP contribution in [0.1, 0.15) is 27.0 Å². The maximum atomic E-state index is 13.4. The lowest BCUT2D eigenvalue weighted by Crippen LogP contribution is -2.33. The maximum Gasteiger partial charge on any atom is 0.262 e. The molecule has 0 saturated heterocycles. The summed E-state index contributed by atoms with van der Waals surface area (Å²) in [6, 6.07) is 24.3. The van der Waals surface area contributed by atoms with Crippen molar-refractivity contribution < 1.29 is 14.3 Å². The van der Waals surface area contributed by atoms with Crippen LogP contribution in [-0.2, 0) is 24.3 Å². The number of anilines is 2. The largest absolute Gasteiger partial charge is 0.484 e. The van der Waals surface area contributed by atoms with E-state index < -0.39 is 0 Å². The maximum absolute atomic E-state index is 13.4. The van der Waals surface area contributed by atoms with Crippen molar-refractivity contribution in [2.45, 2.75) is 19.5 Å². The van der Waals surface area contributed by atoms with E-state index in [0.29, 0.717) is 35.1 Å². The van der Waals surface area contributed by atoms with Gasteiger partial charge in [0.15, 0.2) is 6.61 Å². The molecule has 0 unspecified atom stereocenters. The van der Waals surface area contributed by atoms with E-state index in [1.807, 2.05) is 30.3 Å². The van der Waals surface area contributed by atoms with Crippen LogP contribution in [0.15, 0.2) is 91.3 Å². The molecule has 0 saturated carbocycles. The summed E-state index contributed by atoms with van der Waals surface area (Å²) in [7, 11) is 0. The van der Waals surface area contributed by atoms with E-state index in [9.17, 15) is 9.59 Å². The molecule has 0 fully saturated rings. The molecule has 3 aromatic carbocycles. The number of carbonyl (C=O) groups excluding carboxylic acids is 2. The van der Waals surface area contributed by atoms with Crippen LogP contribution >= 0.6 is 11.6 Å². The molecule has 38 heavy (non-hydrogen) atoms. The van der Waals surface area contributed by atoms with Crippen molar-refractivity contribution in [1.82, 2.24) is 10.3 Å². The number of hydrogen-bond donors (Lipinski definition) is 2. The third-order valence-corrected chi connectivity index (χ3v) is 6.61. The molecule has 0 aliphatic carbocycles. The third kappa shape index (κ3) is 6.30. The molecule has 2 N–H and O–H groups in total. The number of aromatic nitrogens is 1. The summed E-state index contributed by atoms with van der Waals surface area (Å²) in [5, 5.41) is 6.42. The average Bonchev–Trinajstić information content (AvgIpc) is 2.96. The van der Waals surface area contributed by atoms with Gasteiger partial charge in [-0.1, -0.05) is 41.9 Å². The normalized spacial score (nSPS) is 12.4. The number of fused-ring (bicyclic) bond motifs is 1. The number of benzene rings is 3. The second kappa shape index (κ2) is 11.8. The molecule has 0 radical (unpaired) electrons. The second-order valence-electron chi connectivity index (χ2n) is 9.01. The van der Waals surface area contributed by atoms with E-state index in [-0.39, 0.29) is 18.4 Å². The van der Waals surface area contributed by atoms with Gasteiger partial charge in [0.05, 0.1) is 5.56 Å². The number of nitrogens with one attached hydrogen (secondary N) is 2. The van der Waals surface area contributed by atoms with Crippen molar-refractivity contribution in [2.24, 2.45) is 0 Å². The summed E-state index contributed by atoms with van der Waals surface area (Å²) in [5.74, 6) is -0.0155. The Morgan fingerprint density at radius 3 is 2.58 bits per heavy atom. The number of nitrogens with zero attached hydrogens (tertiary/aromatic N) is 2. The van der Waals surface area contributed by atoms with Crippen LogP contribution in [0.25, 0.3) is 0 Å². The molecule has 1 aliphatic rings. The number of carbonyl (C=O) groups is 2. The van der Waals surface area contributed by atoms with Gasteiger partial charge in [-0.15, -0.1) is 0 Å². The summed E-state index contributed by atoms with van der Waals surface area (Å²) in [6.07, 6.45) is 4.31. The molecule has 0 atom stereocenters. The number of halogens is 1. The molecule has 2 amide bonds. The van der Waals surface area contributed by atoms with Crippen molar-refractivity contribution >= 4 is 34.8 Å². The SMILES string of the molecule is O=C(COc1ccc(Cl)cc1)Nc1ccc(N2CCc3ccccc3C2)c(C(=O)NCc2cccnc2)c1. The molecule has 0 spiro atoms. The average molecular weight is 527 g/mol. The number of ether oxygens (including phenoxy) is 1. The fourth-order valence-corrected chi connectivity index (χ4v) is 4.56. The molecule has 0 bridgehead atoms. The number of hydrogen-bond acceptors (Lipinski definition) is 5. The van der Waals surface area contributed by atoms with E-state index in [0.717, 1.165) is 24.2 Å². The highest BCUT2D eigenvalue weighted by atomic mass is 35.5. The lowest BCUT2D eigenvalue weighted by molar-refractivity contribution is -0.118. The van der Waals surface area contributed by atoms with Crippen LogP contribution in [0, 0.1) is 0 Å². The van der Waals surface area contributed by atoms with Crippen molar-refractivity contribution in [3.63, 3.8) is 0 Å². The Labute approximate surface area is 226 Å². The van der Waals surface area contributed by atoms with Crippen molar-refractivity contribution in [3.8, 4) is 5.75 Å².